The zero-order valence-corrected chi connectivity index (χ0v) is 24.3. The molecule has 9 heteroatoms. The Balaban J connectivity index is 1.41. The van der Waals surface area contributed by atoms with Gasteiger partial charge < -0.3 is 33.2 Å². The van der Waals surface area contributed by atoms with Crippen LogP contribution in [0.25, 0.3) is 12.2 Å². The van der Waals surface area contributed by atoms with Gasteiger partial charge in [0.05, 0.1) is 41.7 Å². The van der Waals surface area contributed by atoms with Crippen LogP contribution in [-0.2, 0) is 19.1 Å². The van der Waals surface area contributed by atoms with Crippen LogP contribution in [0.4, 0.5) is 0 Å². The van der Waals surface area contributed by atoms with Gasteiger partial charge in [0.15, 0.2) is 23.0 Å². The molecule has 41 heavy (non-hydrogen) atoms. The Bertz CT molecular complexity index is 1180. The van der Waals surface area contributed by atoms with E-state index in [1.165, 1.54) is 6.08 Å². The van der Waals surface area contributed by atoms with Gasteiger partial charge in [0.25, 0.3) is 0 Å². The topological polar surface area (TPSA) is 98.8 Å². The van der Waals surface area contributed by atoms with Crippen molar-refractivity contribution in [2.75, 3.05) is 41.7 Å². The van der Waals surface area contributed by atoms with Gasteiger partial charge in [-0.1, -0.05) is 24.3 Å². The van der Waals surface area contributed by atoms with Crippen LogP contribution in [0.3, 0.4) is 0 Å². The Kier molecular flexibility index (Phi) is 12.9. The number of benzene rings is 2. The molecule has 0 spiro atoms. The molecule has 1 atom stereocenters. The standard InChI is InChI=1S/C32H40O9/c1-35-26-17-16-23(14-15-24-21-28(36-2)32(38-4)29(22-24)37-3)20-27(26)39-19-9-13-30(33)40-18-7-5-6-10-25-11-8-12-31(34)41-25/h8,12,14-17,20-22,25H,5-7,9-11,13,18-19H2,1-4H3/b15-14-/t25-/m0/s1. The quantitative estimate of drug-likeness (QED) is 0.129. The van der Waals surface area contributed by atoms with E-state index in [1.807, 2.05) is 48.6 Å². The molecule has 0 unspecified atom stereocenters. The van der Waals surface area contributed by atoms with Gasteiger partial charge >= 0.3 is 11.9 Å². The first-order valence-corrected chi connectivity index (χ1v) is 13.8. The molecule has 9 nitrogen and oxygen atoms in total. The highest BCUT2D eigenvalue weighted by Gasteiger charge is 2.15. The van der Waals surface area contributed by atoms with E-state index >= 15 is 0 Å². The van der Waals surface area contributed by atoms with Crippen LogP contribution >= 0.6 is 0 Å². The lowest BCUT2D eigenvalue weighted by atomic mass is 10.1. The summed E-state index contributed by atoms with van der Waals surface area (Å²) in [6, 6.07) is 9.39. The molecule has 1 heterocycles. The molecular formula is C32H40O9. The molecule has 1 aliphatic rings. The largest absolute Gasteiger partial charge is 0.493 e. The van der Waals surface area contributed by atoms with Crippen LogP contribution in [0.15, 0.2) is 42.5 Å². The Morgan fingerprint density at radius 2 is 1.54 bits per heavy atom. The molecule has 0 saturated carbocycles. The predicted octanol–water partition coefficient (Wildman–Crippen LogP) is 6.03. The summed E-state index contributed by atoms with van der Waals surface area (Å²) >= 11 is 0. The van der Waals surface area contributed by atoms with E-state index in [1.54, 1.807) is 28.4 Å². The number of unbranched alkanes of at least 4 members (excludes halogenated alkanes) is 2. The lowest BCUT2D eigenvalue weighted by Gasteiger charge is -2.18. The van der Waals surface area contributed by atoms with Crippen molar-refractivity contribution < 1.29 is 42.7 Å². The van der Waals surface area contributed by atoms with E-state index in [2.05, 4.69) is 0 Å². The third-order valence-electron chi connectivity index (χ3n) is 6.49. The molecule has 0 N–H and O–H groups in total. The first-order chi connectivity index (χ1) is 20.0. The summed E-state index contributed by atoms with van der Waals surface area (Å²) in [5, 5.41) is 0. The van der Waals surface area contributed by atoms with Gasteiger partial charge in [0.1, 0.15) is 6.10 Å². The van der Waals surface area contributed by atoms with Crippen LogP contribution in [0.2, 0.25) is 0 Å². The molecule has 0 fully saturated rings. The summed E-state index contributed by atoms with van der Waals surface area (Å²) in [5.41, 5.74) is 1.79. The summed E-state index contributed by atoms with van der Waals surface area (Å²) in [7, 11) is 6.32. The van der Waals surface area contributed by atoms with Crippen LogP contribution in [0, 0.1) is 0 Å². The van der Waals surface area contributed by atoms with Gasteiger partial charge in [-0.25, -0.2) is 4.79 Å². The second-order valence-corrected chi connectivity index (χ2v) is 9.42. The molecule has 0 radical (unpaired) electrons. The highest BCUT2D eigenvalue weighted by atomic mass is 16.5. The predicted molar refractivity (Wildman–Crippen MR) is 156 cm³/mol. The fraction of sp³-hybridized carbons (Fsp3) is 0.438. The van der Waals surface area contributed by atoms with Gasteiger partial charge in [-0.15, -0.1) is 0 Å². The summed E-state index contributed by atoms with van der Waals surface area (Å²) in [5.74, 6) is 2.37. The molecule has 2 aromatic rings. The minimum Gasteiger partial charge on any atom is -0.493 e. The van der Waals surface area contributed by atoms with E-state index in [0.29, 0.717) is 48.4 Å². The van der Waals surface area contributed by atoms with Crippen molar-refractivity contribution >= 4 is 24.1 Å². The second-order valence-electron chi connectivity index (χ2n) is 9.42. The fourth-order valence-corrected chi connectivity index (χ4v) is 4.35. The molecule has 222 valence electrons. The third-order valence-corrected chi connectivity index (χ3v) is 6.49. The highest BCUT2D eigenvalue weighted by molar-refractivity contribution is 5.82. The minimum atomic E-state index is -0.269. The number of methoxy groups -OCH3 is 4. The number of carbonyl (C=O) groups excluding carboxylic acids is 2. The van der Waals surface area contributed by atoms with Crippen molar-refractivity contribution in [1.82, 2.24) is 0 Å². The minimum absolute atomic E-state index is 0.0351. The van der Waals surface area contributed by atoms with Crippen molar-refractivity contribution in [3.63, 3.8) is 0 Å². The van der Waals surface area contributed by atoms with Crippen molar-refractivity contribution in [1.29, 1.82) is 0 Å². The molecule has 0 aromatic heterocycles. The Morgan fingerprint density at radius 3 is 2.22 bits per heavy atom. The molecule has 0 amide bonds. The Morgan fingerprint density at radius 1 is 0.829 bits per heavy atom. The monoisotopic (exact) mass is 568 g/mol. The van der Waals surface area contributed by atoms with Gasteiger partial charge in [0.2, 0.25) is 5.75 Å². The molecule has 0 aliphatic carbocycles. The van der Waals surface area contributed by atoms with E-state index in [9.17, 15) is 9.59 Å². The van der Waals surface area contributed by atoms with Crippen molar-refractivity contribution in [2.24, 2.45) is 0 Å². The van der Waals surface area contributed by atoms with E-state index in [-0.39, 0.29) is 24.5 Å². The summed E-state index contributed by atoms with van der Waals surface area (Å²) in [6.07, 6.45) is 12.2. The number of hydrogen-bond acceptors (Lipinski definition) is 9. The number of esters is 2. The summed E-state index contributed by atoms with van der Waals surface area (Å²) in [6.45, 7) is 0.734. The van der Waals surface area contributed by atoms with Crippen LogP contribution in [0.1, 0.15) is 56.1 Å². The zero-order chi connectivity index (χ0) is 29.5. The van der Waals surface area contributed by atoms with Crippen LogP contribution in [0.5, 0.6) is 28.7 Å². The SMILES string of the molecule is COc1ccc(/C=C\c2cc(OC)c(OC)c(OC)c2)cc1OCCCC(=O)OCCCCC[C@H]1CC=CC(=O)O1. The molecule has 0 bridgehead atoms. The maximum absolute atomic E-state index is 12.1. The van der Waals surface area contributed by atoms with Gasteiger partial charge in [-0.2, -0.15) is 0 Å². The number of ether oxygens (including phenoxy) is 7. The second kappa shape index (κ2) is 16.8. The summed E-state index contributed by atoms with van der Waals surface area (Å²) < 4.78 is 38.2. The fourth-order valence-electron chi connectivity index (χ4n) is 4.35. The third kappa shape index (κ3) is 10.1. The highest BCUT2D eigenvalue weighted by Crippen LogP contribution is 2.38. The lowest BCUT2D eigenvalue weighted by Crippen LogP contribution is -2.19. The smallest absolute Gasteiger partial charge is 0.330 e. The first kappa shape index (κ1) is 31.4. The van der Waals surface area contributed by atoms with Crippen LogP contribution in [-0.4, -0.2) is 59.7 Å². The molecule has 0 saturated heterocycles. The normalized spacial score (nSPS) is 14.4. The van der Waals surface area contributed by atoms with E-state index in [0.717, 1.165) is 43.2 Å². The average molecular weight is 569 g/mol. The molecule has 1 aliphatic heterocycles. The lowest BCUT2D eigenvalue weighted by molar-refractivity contribution is -0.145. The Labute approximate surface area is 242 Å². The first-order valence-electron chi connectivity index (χ1n) is 13.8. The number of rotatable bonds is 17. The maximum atomic E-state index is 12.1. The molecule has 3 rings (SSSR count). The molecular weight excluding hydrogens is 528 g/mol. The maximum Gasteiger partial charge on any atom is 0.330 e. The van der Waals surface area contributed by atoms with E-state index in [4.69, 9.17) is 33.2 Å². The number of cyclic esters (lactones) is 1. The van der Waals surface area contributed by atoms with Crippen molar-refractivity contribution in [2.45, 2.75) is 51.0 Å². The number of carbonyl (C=O) groups is 2. The van der Waals surface area contributed by atoms with Gasteiger partial charge in [0, 0.05) is 18.9 Å². The zero-order valence-electron chi connectivity index (χ0n) is 24.3. The number of hydrogen-bond donors (Lipinski definition) is 0. The van der Waals surface area contributed by atoms with Gasteiger partial charge in [-0.05, 0) is 67.5 Å². The van der Waals surface area contributed by atoms with E-state index < -0.39 is 0 Å². The van der Waals surface area contributed by atoms with Crippen molar-refractivity contribution in [3.05, 3.63) is 53.6 Å². The molecule has 2 aromatic carbocycles. The Hall–Kier alpha value is -4.14. The summed E-state index contributed by atoms with van der Waals surface area (Å²) in [4.78, 5) is 23.4. The average Bonchev–Trinajstić information content (AvgIpc) is 2.99. The van der Waals surface area contributed by atoms with Crippen molar-refractivity contribution in [3.8, 4) is 28.7 Å². The van der Waals surface area contributed by atoms with Crippen LogP contribution < -0.4 is 23.7 Å². The van der Waals surface area contributed by atoms with Gasteiger partial charge in [-0.3, -0.25) is 4.79 Å².